The highest BCUT2D eigenvalue weighted by molar-refractivity contribution is 5.31. The first-order valence-electron chi connectivity index (χ1n) is 6.22. The zero-order valence-electron chi connectivity index (χ0n) is 10.7. The molecule has 0 radical (unpaired) electrons. The van der Waals surface area contributed by atoms with E-state index in [-0.39, 0.29) is 0 Å². The van der Waals surface area contributed by atoms with Crippen LogP contribution in [0.4, 0.5) is 5.95 Å². The number of hydrogen-bond acceptors (Lipinski definition) is 5. The van der Waals surface area contributed by atoms with Crippen molar-refractivity contribution >= 4 is 5.95 Å². The summed E-state index contributed by atoms with van der Waals surface area (Å²) in [5, 5.41) is 0. The molecule has 96 valence electrons. The van der Waals surface area contributed by atoms with Crippen LogP contribution in [0.2, 0.25) is 0 Å². The summed E-state index contributed by atoms with van der Waals surface area (Å²) in [6.45, 7) is 7.16. The van der Waals surface area contributed by atoms with Gasteiger partial charge in [0.25, 0.3) is 0 Å². The van der Waals surface area contributed by atoms with E-state index >= 15 is 0 Å². The first kappa shape index (κ1) is 13.7. The molecule has 0 fully saturated rings. The molecular weight excluding hydrogens is 216 g/mol. The lowest BCUT2D eigenvalue weighted by atomic mass is 10.4. The van der Waals surface area contributed by atoms with Gasteiger partial charge in [0.1, 0.15) is 0 Å². The van der Waals surface area contributed by atoms with Gasteiger partial charge in [-0.2, -0.15) is 4.98 Å². The van der Waals surface area contributed by atoms with Crippen LogP contribution in [0, 0.1) is 0 Å². The average molecular weight is 238 g/mol. The topological polar surface area (TPSA) is 64.3 Å². The van der Waals surface area contributed by atoms with Crippen LogP contribution in [0.15, 0.2) is 12.3 Å². The van der Waals surface area contributed by atoms with Crippen molar-refractivity contribution in [1.82, 2.24) is 9.97 Å². The Bertz CT molecular complexity index is 313. The molecule has 0 aliphatic rings. The van der Waals surface area contributed by atoms with E-state index in [1.54, 1.807) is 12.3 Å². The zero-order chi connectivity index (χ0) is 12.5. The van der Waals surface area contributed by atoms with Gasteiger partial charge >= 0.3 is 0 Å². The third-order valence-electron chi connectivity index (χ3n) is 2.25. The van der Waals surface area contributed by atoms with Gasteiger partial charge in [0.05, 0.1) is 6.61 Å². The highest BCUT2D eigenvalue weighted by Crippen LogP contribution is 2.12. The number of nitrogens with zero attached hydrogens (tertiary/aromatic N) is 3. The molecule has 0 spiro atoms. The molecule has 0 saturated heterocycles. The van der Waals surface area contributed by atoms with E-state index in [2.05, 4.69) is 28.7 Å². The van der Waals surface area contributed by atoms with Gasteiger partial charge in [-0.3, -0.25) is 0 Å². The highest BCUT2D eigenvalue weighted by atomic mass is 16.5. The predicted molar refractivity (Wildman–Crippen MR) is 69.4 cm³/mol. The van der Waals surface area contributed by atoms with Crippen molar-refractivity contribution in [3.8, 4) is 5.88 Å². The molecule has 1 heterocycles. The van der Waals surface area contributed by atoms with Crippen molar-refractivity contribution in [2.45, 2.75) is 26.7 Å². The Hall–Kier alpha value is -1.36. The van der Waals surface area contributed by atoms with E-state index in [1.165, 1.54) is 0 Å². The Labute approximate surface area is 103 Å². The van der Waals surface area contributed by atoms with E-state index in [9.17, 15) is 0 Å². The lowest BCUT2D eigenvalue weighted by molar-refractivity contribution is 0.304. The Morgan fingerprint density at radius 3 is 2.76 bits per heavy atom. The summed E-state index contributed by atoms with van der Waals surface area (Å²) in [6, 6.07) is 1.78. The standard InChI is InChI=1S/C12H22N4O/c1-3-8-16(9-6-13)12-14-7-5-11(15-12)17-10-4-2/h5,7H,3-4,6,8-10,13H2,1-2H3. The number of hydrogen-bond donors (Lipinski definition) is 1. The van der Waals surface area contributed by atoms with E-state index in [1.807, 2.05) is 0 Å². The largest absolute Gasteiger partial charge is 0.478 e. The van der Waals surface area contributed by atoms with Crippen LogP contribution in [0.5, 0.6) is 5.88 Å². The van der Waals surface area contributed by atoms with Crippen LogP contribution in [0.1, 0.15) is 26.7 Å². The molecule has 5 heteroatoms. The van der Waals surface area contributed by atoms with Crippen molar-refractivity contribution in [3.05, 3.63) is 12.3 Å². The number of rotatable bonds is 8. The summed E-state index contributed by atoms with van der Waals surface area (Å²) >= 11 is 0. The average Bonchev–Trinajstić information content (AvgIpc) is 2.36. The molecule has 17 heavy (non-hydrogen) atoms. The molecule has 0 saturated carbocycles. The van der Waals surface area contributed by atoms with Crippen molar-refractivity contribution in [1.29, 1.82) is 0 Å². The molecule has 1 aromatic rings. The predicted octanol–water partition coefficient (Wildman–Crippen LogP) is 1.44. The molecule has 2 N–H and O–H groups in total. The van der Waals surface area contributed by atoms with E-state index in [0.29, 0.717) is 25.0 Å². The molecule has 0 aliphatic carbocycles. The summed E-state index contributed by atoms with van der Waals surface area (Å²) in [5.74, 6) is 1.33. The minimum atomic E-state index is 0.601. The van der Waals surface area contributed by atoms with Crippen LogP contribution < -0.4 is 15.4 Å². The molecule has 1 aromatic heterocycles. The van der Waals surface area contributed by atoms with Crippen molar-refractivity contribution in [3.63, 3.8) is 0 Å². The quantitative estimate of drug-likeness (QED) is 0.742. The van der Waals surface area contributed by atoms with Gasteiger partial charge in [-0.05, 0) is 12.8 Å². The third kappa shape index (κ3) is 4.56. The van der Waals surface area contributed by atoms with Crippen LogP contribution in [0.25, 0.3) is 0 Å². The Balaban J connectivity index is 2.72. The fraction of sp³-hybridized carbons (Fsp3) is 0.667. The van der Waals surface area contributed by atoms with Crippen LogP contribution in [0.3, 0.4) is 0 Å². The molecule has 0 atom stereocenters. The summed E-state index contributed by atoms with van der Waals surface area (Å²) in [5.41, 5.74) is 5.59. The van der Waals surface area contributed by atoms with Crippen LogP contribution >= 0.6 is 0 Å². The molecule has 0 unspecified atom stereocenters. The zero-order valence-corrected chi connectivity index (χ0v) is 10.7. The van der Waals surface area contributed by atoms with Crippen LogP contribution in [-0.2, 0) is 0 Å². The van der Waals surface area contributed by atoms with Gasteiger partial charge in [0.2, 0.25) is 11.8 Å². The summed E-state index contributed by atoms with van der Waals surface area (Å²) in [7, 11) is 0. The van der Waals surface area contributed by atoms with Gasteiger partial charge < -0.3 is 15.4 Å². The Morgan fingerprint density at radius 2 is 2.12 bits per heavy atom. The minimum Gasteiger partial charge on any atom is -0.478 e. The van der Waals surface area contributed by atoms with Crippen LogP contribution in [-0.4, -0.2) is 36.2 Å². The molecule has 0 bridgehead atoms. The summed E-state index contributed by atoms with van der Waals surface area (Å²) < 4.78 is 5.49. The second-order valence-corrected chi connectivity index (χ2v) is 3.82. The smallest absolute Gasteiger partial charge is 0.228 e. The fourth-order valence-electron chi connectivity index (χ4n) is 1.51. The lowest BCUT2D eigenvalue weighted by Crippen LogP contribution is -2.31. The van der Waals surface area contributed by atoms with Crippen molar-refractivity contribution < 1.29 is 4.74 Å². The molecular formula is C12H22N4O. The lowest BCUT2D eigenvalue weighted by Gasteiger charge is -2.21. The minimum absolute atomic E-state index is 0.601. The first-order chi connectivity index (χ1) is 8.31. The Morgan fingerprint density at radius 1 is 1.29 bits per heavy atom. The van der Waals surface area contributed by atoms with E-state index in [4.69, 9.17) is 10.5 Å². The second-order valence-electron chi connectivity index (χ2n) is 3.82. The number of ether oxygens (including phenoxy) is 1. The van der Waals surface area contributed by atoms with Crippen molar-refractivity contribution in [2.75, 3.05) is 31.1 Å². The number of anilines is 1. The van der Waals surface area contributed by atoms with E-state index < -0.39 is 0 Å². The molecule has 5 nitrogen and oxygen atoms in total. The van der Waals surface area contributed by atoms with Crippen molar-refractivity contribution in [2.24, 2.45) is 5.73 Å². The molecule has 0 aliphatic heterocycles. The van der Waals surface area contributed by atoms with Gasteiger partial charge in [0, 0.05) is 31.9 Å². The molecule has 0 aromatic carbocycles. The first-order valence-corrected chi connectivity index (χ1v) is 6.22. The maximum atomic E-state index is 5.59. The number of nitrogens with two attached hydrogens (primary N) is 1. The van der Waals surface area contributed by atoms with Gasteiger partial charge in [-0.15, -0.1) is 0 Å². The maximum absolute atomic E-state index is 5.59. The SMILES string of the molecule is CCCOc1ccnc(N(CCC)CCN)n1. The number of aromatic nitrogens is 2. The van der Waals surface area contributed by atoms with Gasteiger partial charge in [-0.1, -0.05) is 13.8 Å². The monoisotopic (exact) mass is 238 g/mol. The second kappa shape index (κ2) is 7.84. The fourth-order valence-corrected chi connectivity index (χ4v) is 1.51. The van der Waals surface area contributed by atoms with Gasteiger partial charge in [-0.25, -0.2) is 4.98 Å². The Kier molecular flexibility index (Phi) is 6.32. The maximum Gasteiger partial charge on any atom is 0.228 e. The van der Waals surface area contributed by atoms with Gasteiger partial charge in [0.15, 0.2) is 0 Å². The normalized spacial score (nSPS) is 10.3. The molecule has 1 rings (SSSR count). The summed E-state index contributed by atoms with van der Waals surface area (Å²) in [6.07, 6.45) is 3.75. The highest BCUT2D eigenvalue weighted by Gasteiger charge is 2.08. The van der Waals surface area contributed by atoms with E-state index in [0.717, 1.165) is 25.9 Å². The third-order valence-corrected chi connectivity index (χ3v) is 2.25. The molecule has 0 amide bonds. The summed E-state index contributed by atoms with van der Waals surface area (Å²) in [4.78, 5) is 10.7.